The van der Waals surface area contributed by atoms with Crippen molar-refractivity contribution in [2.45, 2.75) is 37.4 Å². The zero-order valence-corrected chi connectivity index (χ0v) is 20.2. The van der Waals surface area contributed by atoms with E-state index in [2.05, 4.69) is 23.2 Å². The highest BCUT2D eigenvalue weighted by Crippen LogP contribution is 2.29. The number of fused-ring (bicyclic) bond motifs is 1. The summed E-state index contributed by atoms with van der Waals surface area (Å²) >= 11 is 0. The van der Waals surface area contributed by atoms with Crippen molar-refractivity contribution in [3.63, 3.8) is 0 Å². The zero-order chi connectivity index (χ0) is 23.9. The summed E-state index contributed by atoms with van der Waals surface area (Å²) in [4.78, 5) is 18.4. The molecule has 2 atom stereocenters. The number of sulfonamides is 1. The van der Waals surface area contributed by atoms with Gasteiger partial charge in [0.2, 0.25) is 10.0 Å². The Hall–Kier alpha value is -2.94. The second kappa shape index (κ2) is 9.02. The van der Waals surface area contributed by atoms with Gasteiger partial charge in [-0.15, -0.1) is 0 Å². The van der Waals surface area contributed by atoms with Crippen molar-refractivity contribution in [1.82, 2.24) is 14.2 Å². The van der Waals surface area contributed by atoms with Crippen LogP contribution >= 0.6 is 0 Å². The summed E-state index contributed by atoms with van der Waals surface area (Å²) in [6.45, 7) is 5.54. The van der Waals surface area contributed by atoms with Gasteiger partial charge in [-0.25, -0.2) is 8.42 Å². The summed E-state index contributed by atoms with van der Waals surface area (Å²) in [5.41, 5.74) is 4.01. The lowest BCUT2D eigenvalue weighted by molar-refractivity contribution is -0.0440. The molecule has 1 amide bonds. The predicted octanol–water partition coefficient (Wildman–Crippen LogP) is 3.90. The van der Waals surface area contributed by atoms with E-state index in [1.54, 1.807) is 17.0 Å². The summed E-state index contributed by atoms with van der Waals surface area (Å²) in [6.07, 6.45) is 4.61. The Morgan fingerprint density at radius 2 is 1.74 bits per heavy atom. The summed E-state index contributed by atoms with van der Waals surface area (Å²) in [6, 6.07) is 14.5. The molecule has 3 aromatic rings. The molecule has 1 saturated heterocycles. The molecule has 2 aliphatic heterocycles. The fraction of sp³-hybridized carbons (Fsp3) is 0.346. The molecule has 1 fully saturated rings. The van der Waals surface area contributed by atoms with Crippen molar-refractivity contribution < 1.29 is 17.9 Å². The quantitative estimate of drug-likeness (QED) is 0.615. The molecule has 7 nitrogen and oxygen atoms in total. The van der Waals surface area contributed by atoms with Gasteiger partial charge < -0.3 is 14.6 Å². The van der Waals surface area contributed by atoms with E-state index in [0.717, 1.165) is 11.9 Å². The van der Waals surface area contributed by atoms with Crippen molar-refractivity contribution in [3.05, 3.63) is 71.9 Å². The smallest absolute Gasteiger partial charge is 0.254 e. The van der Waals surface area contributed by atoms with Crippen molar-refractivity contribution in [2.24, 2.45) is 0 Å². The number of aromatic amines is 1. The molecule has 2 aromatic carbocycles. The van der Waals surface area contributed by atoms with E-state index in [1.165, 1.54) is 33.0 Å². The van der Waals surface area contributed by atoms with Gasteiger partial charge in [0.05, 0.1) is 17.1 Å². The normalized spacial score (nSPS) is 22.1. The van der Waals surface area contributed by atoms with Gasteiger partial charge in [-0.05, 0) is 56.2 Å². The van der Waals surface area contributed by atoms with Crippen molar-refractivity contribution in [2.75, 3.05) is 26.2 Å². The highest BCUT2D eigenvalue weighted by atomic mass is 32.2. The van der Waals surface area contributed by atoms with Crippen LogP contribution in [0, 0.1) is 0 Å². The van der Waals surface area contributed by atoms with E-state index < -0.39 is 10.0 Å². The maximum absolute atomic E-state index is 13.1. The molecule has 1 N–H and O–H groups in total. The molecule has 5 rings (SSSR count). The van der Waals surface area contributed by atoms with Crippen LogP contribution in [-0.2, 0) is 14.8 Å². The molecule has 1 aromatic heterocycles. The number of hydrogen-bond donors (Lipinski definition) is 1. The first kappa shape index (κ1) is 22.8. The lowest BCUT2D eigenvalue weighted by atomic mass is 9.98. The fourth-order valence-corrected chi connectivity index (χ4v) is 6.45. The number of rotatable bonds is 4. The standard InChI is InChI=1S/C26H29N3O4S/c1-18-16-29(17-19(2)33-18)34(31,32)22-9-7-21(8-10-22)26(30)28-13-11-20(12-14-28)24-15-27-25-6-4-3-5-23(24)25/h3-11,15,18-19,27H,12-14,16-17H2,1-2H3/t18-,19-/m1/s1. The first-order valence-electron chi connectivity index (χ1n) is 11.6. The minimum atomic E-state index is -3.63. The molecule has 34 heavy (non-hydrogen) atoms. The second-order valence-corrected chi connectivity index (χ2v) is 11.0. The lowest BCUT2D eigenvalue weighted by Crippen LogP contribution is -2.48. The number of nitrogens with one attached hydrogen (secondary N) is 1. The molecule has 0 saturated carbocycles. The van der Waals surface area contributed by atoms with Crippen LogP contribution in [0.1, 0.15) is 36.2 Å². The summed E-state index contributed by atoms with van der Waals surface area (Å²) < 4.78 is 33.3. The molecule has 0 spiro atoms. The Morgan fingerprint density at radius 3 is 2.41 bits per heavy atom. The van der Waals surface area contributed by atoms with Crippen LogP contribution in [-0.4, -0.2) is 66.9 Å². The van der Waals surface area contributed by atoms with Crippen LogP contribution in [0.25, 0.3) is 16.5 Å². The average Bonchev–Trinajstić information content (AvgIpc) is 3.27. The molecule has 0 radical (unpaired) electrons. The van der Waals surface area contributed by atoms with Crippen molar-refractivity contribution in [3.8, 4) is 0 Å². The van der Waals surface area contributed by atoms with Crippen molar-refractivity contribution >= 4 is 32.4 Å². The third-order valence-corrected chi connectivity index (χ3v) is 8.40. The van der Waals surface area contributed by atoms with Crippen LogP contribution in [0.3, 0.4) is 0 Å². The fourth-order valence-electron chi connectivity index (χ4n) is 4.86. The van der Waals surface area contributed by atoms with Crippen LogP contribution in [0.2, 0.25) is 0 Å². The minimum Gasteiger partial charge on any atom is -0.373 e. The molecule has 3 heterocycles. The highest BCUT2D eigenvalue weighted by molar-refractivity contribution is 7.89. The maximum Gasteiger partial charge on any atom is 0.254 e. The average molecular weight is 480 g/mol. The lowest BCUT2D eigenvalue weighted by Gasteiger charge is -2.34. The van der Waals surface area contributed by atoms with Gasteiger partial charge in [0.15, 0.2) is 0 Å². The van der Waals surface area contributed by atoms with Gasteiger partial charge in [-0.2, -0.15) is 4.31 Å². The predicted molar refractivity (Wildman–Crippen MR) is 132 cm³/mol. The second-order valence-electron chi connectivity index (χ2n) is 9.08. The molecular weight excluding hydrogens is 450 g/mol. The number of carbonyl (C=O) groups is 1. The van der Waals surface area contributed by atoms with Gasteiger partial charge in [0.25, 0.3) is 5.91 Å². The number of amides is 1. The number of aromatic nitrogens is 1. The maximum atomic E-state index is 13.1. The molecule has 0 unspecified atom stereocenters. The number of ether oxygens (including phenoxy) is 1. The van der Waals surface area contributed by atoms with Gasteiger partial charge in [-0.3, -0.25) is 4.79 Å². The number of morpholine rings is 1. The number of nitrogens with zero attached hydrogens (tertiary/aromatic N) is 2. The van der Waals surface area contributed by atoms with Crippen LogP contribution < -0.4 is 0 Å². The highest BCUT2D eigenvalue weighted by Gasteiger charge is 2.32. The molecule has 0 aliphatic carbocycles. The Bertz CT molecular complexity index is 1330. The summed E-state index contributed by atoms with van der Waals surface area (Å²) in [5, 5.41) is 1.19. The zero-order valence-electron chi connectivity index (χ0n) is 19.4. The van der Waals surface area contributed by atoms with Gasteiger partial charge in [-0.1, -0.05) is 24.3 Å². The number of para-hydroxylation sites is 1. The number of benzene rings is 2. The Kier molecular flexibility index (Phi) is 6.06. The van der Waals surface area contributed by atoms with E-state index in [4.69, 9.17) is 4.74 Å². The Balaban J connectivity index is 1.28. The van der Waals surface area contributed by atoms with Crippen LogP contribution in [0.4, 0.5) is 0 Å². The first-order chi connectivity index (χ1) is 16.3. The molecule has 2 aliphatic rings. The number of H-pyrrole nitrogens is 1. The molecule has 178 valence electrons. The molecule has 8 heteroatoms. The molecule has 0 bridgehead atoms. The van der Waals surface area contributed by atoms with E-state index in [9.17, 15) is 13.2 Å². The van der Waals surface area contributed by atoms with Gasteiger partial charge in [0, 0.05) is 54.4 Å². The van der Waals surface area contributed by atoms with Crippen LogP contribution in [0.15, 0.2) is 65.7 Å². The first-order valence-corrected chi connectivity index (χ1v) is 13.1. The Labute approximate surface area is 200 Å². The SMILES string of the molecule is C[C@@H]1CN(S(=O)(=O)c2ccc(C(=O)N3CC=C(c4c[nH]c5ccccc45)CC3)cc2)C[C@@H](C)O1. The third-order valence-electron chi connectivity index (χ3n) is 6.56. The van der Waals surface area contributed by atoms with Crippen molar-refractivity contribution in [1.29, 1.82) is 0 Å². The molecular formula is C26H29N3O4S. The summed E-state index contributed by atoms with van der Waals surface area (Å²) in [7, 11) is -3.63. The number of carbonyl (C=O) groups excluding carboxylic acids is 1. The largest absolute Gasteiger partial charge is 0.373 e. The third kappa shape index (κ3) is 4.29. The van der Waals surface area contributed by atoms with Gasteiger partial charge in [0.1, 0.15) is 0 Å². The van der Waals surface area contributed by atoms with E-state index >= 15 is 0 Å². The monoisotopic (exact) mass is 479 g/mol. The minimum absolute atomic E-state index is 0.0909. The number of hydrogen-bond acceptors (Lipinski definition) is 4. The van der Waals surface area contributed by atoms with E-state index in [-0.39, 0.29) is 23.0 Å². The summed E-state index contributed by atoms with van der Waals surface area (Å²) in [5.74, 6) is -0.0909. The Morgan fingerprint density at radius 1 is 1.03 bits per heavy atom. The van der Waals surface area contributed by atoms with E-state index in [1.807, 2.05) is 32.2 Å². The van der Waals surface area contributed by atoms with Gasteiger partial charge >= 0.3 is 0 Å². The topological polar surface area (TPSA) is 82.7 Å². The van der Waals surface area contributed by atoms with Crippen LogP contribution in [0.5, 0.6) is 0 Å². The van der Waals surface area contributed by atoms with E-state index in [0.29, 0.717) is 31.7 Å².